The Labute approximate surface area is 260 Å². The largest absolute Gasteiger partial charge is 0.478 e. The molecule has 0 spiro atoms. The number of nitrogens with two attached hydrogens (primary N) is 2. The summed E-state index contributed by atoms with van der Waals surface area (Å²) >= 11 is 3.73. The van der Waals surface area contributed by atoms with Gasteiger partial charge in [0, 0.05) is 30.0 Å². The zero-order valence-electron chi connectivity index (χ0n) is 22.7. The molecule has 5 heterocycles. The standard InChI is InChI=1S/C26H24N8O7S3/c27-24-30-14(11-43-24)16(32-41-26(23(39)40)5-2-6-26)19(35)31-17-20(36)34-18(22(37)38)12(10-42-21(17)34)3-1-7-33-8-4-15-13(9-33)29-25(28)44-15/h1,3-4,8-9,11,17,21H,2,5-7,10H2,(H6-,27,28,29,30,31,35,37,38,39,40)/p+1/b3-1?,32-16-/t17?,21-/m1/s1. The van der Waals surface area contributed by atoms with Crippen molar-refractivity contribution in [2.75, 3.05) is 17.2 Å². The first kappa shape index (κ1) is 29.5. The second-order valence-electron chi connectivity index (χ2n) is 10.1. The molecule has 15 nitrogen and oxygen atoms in total. The summed E-state index contributed by atoms with van der Waals surface area (Å²) in [6.45, 7) is 0.430. The first-order chi connectivity index (χ1) is 21.1. The van der Waals surface area contributed by atoms with E-state index in [1.165, 1.54) is 28.5 Å². The average molecular weight is 658 g/mol. The molecule has 1 aliphatic carbocycles. The number of carboxylic acid groups (broad SMARTS) is 2. The lowest BCUT2D eigenvalue weighted by molar-refractivity contribution is -0.685. The number of allylic oxidation sites excluding steroid dienone is 2. The number of aromatic nitrogens is 3. The molecule has 1 unspecified atom stereocenters. The Hall–Kier alpha value is -4.55. The molecule has 1 saturated heterocycles. The molecule has 2 amide bonds. The van der Waals surface area contributed by atoms with Crippen LogP contribution in [0.4, 0.5) is 10.3 Å². The number of carbonyl (C=O) groups is 4. The molecule has 2 fully saturated rings. The lowest BCUT2D eigenvalue weighted by Gasteiger charge is -2.49. The Kier molecular flexibility index (Phi) is 7.72. The Morgan fingerprint density at radius 1 is 1.25 bits per heavy atom. The molecular weight excluding hydrogens is 633 g/mol. The van der Waals surface area contributed by atoms with Gasteiger partial charge >= 0.3 is 11.9 Å². The highest BCUT2D eigenvalue weighted by Crippen LogP contribution is 2.41. The minimum absolute atomic E-state index is 0.0543. The molecule has 7 N–H and O–H groups in total. The number of fused-ring (bicyclic) bond motifs is 2. The fourth-order valence-electron chi connectivity index (χ4n) is 4.92. The van der Waals surface area contributed by atoms with E-state index in [1.807, 2.05) is 23.0 Å². The number of oxime groups is 1. The summed E-state index contributed by atoms with van der Waals surface area (Å²) in [5.41, 5.74) is 10.7. The van der Waals surface area contributed by atoms with Gasteiger partial charge in [-0.25, -0.2) is 19.6 Å². The monoisotopic (exact) mass is 657 g/mol. The number of β-lactam (4-membered cyclic amide) rings is 1. The van der Waals surface area contributed by atoms with Gasteiger partial charge in [-0.3, -0.25) is 14.5 Å². The van der Waals surface area contributed by atoms with Crippen molar-refractivity contribution >= 4 is 84.4 Å². The van der Waals surface area contributed by atoms with Crippen molar-refractivity contribution < 1.29 is 38.8 Å². The van der Waals surface area contributed by atoms with Gasteiger partial charge in [-0.15, -0.1) is 23.1 Å². The summed E-state index contributed by atoms with van der Waals surface area (Å²) in [6, 6.07) is 0.842. The maximum atomic E-state index is 13.3. The second-order valence-corrected chi connectivity index (χ2v) is 13.2. The third-order valence-electron chi connectivity index (χ3n) is 7.37. The van der Waals surface area contributed by atoms with Crippen LogP contribution in [0.15, 0.2) is 52.4 Å². The van der Waals surface area contributed by atoms with Crippen molar-refractivity contribution in [1.82, 2.24) is 20.2 Å². The number of hydrogen-bond acceptors (Lipinski definition) is 13. The van der Waals surface area contributed by atoms with Crippen LogP contribution in [0.2, 0.25) is 0 Å². The molecule has 3 aliphatic rings. The molecule has 44 heavy (non-hydrogen) atoms. The number of amides is 2. The smallest absolute Gasteiger partial charge is 0.352 e. The van der Waals surface area contributed by atoms with E-state index in [0.29, 0.717) is 23.7 Å². The molecule has 0 radical (unpaired) electrons. The maximum absolute atomic E-state index is 13.3. The van der Waals surface area contributed by atoms with Gasteiger partial charge in [0.05, 0.1) is 4.70 Å². The molecule has 228 valence electrons. The number of aliphatic carboxylic acids is 2. The summed E-state index contributed by atoms with van der Waals surface area (Å²) in [6.07, 6.45) is 8.25. The van der Waals surface area contributed by atoms with Crippen LogP contribution in [0.5, 0.6) is 0 Å². The summed E-state index contributed by atoms with van der Waals surface area (Å²) in [5.74, 6) is -3.64. The highest BCUT2D eigenvalue weighted by atomic mass is 32.2. The number of pyridine rings is 1. The minimum Gasteiger partial charge on any atom is -0.478 e. The number of rotatable bonds is 10. The van der Waals surface area contributed by atoms with Gasteiger partial charge in [-0.1, -0.05) is 22.6 Å². The van der Waals surface area contributed by atoms with Crippen LogP contribution in [0.1, 0.15) is 25.0 Å². The predicted octanol–water partition coefficient (Wildman–Crippen LogP) is 0.928. The number of thiazole rings is 2. The van der Waals surface area contributed by atoms with Crippen LogP contribution in [-0.4, -0.2) is 77.3 Å². The predicted molar refractivity (Wildman–Crippen MR) is 161 cm³/mol. The Morgan fingerprint density at radius 3 is 2.70 bits per heavy atom. The van der Waals surface area contributed by atoms with Crippen molar-refractivity contribution in [1.29, 1.82) is 0 Å². The Morgan fingerprint density at radius 2 is 2.05 bits per heavy atom. The van der Waals surface area contributed by atoms with E-state index in [4.69, 9.17) is 16.3 Å². The number of anilines is 2. The molecule has 6 rings (SSSR count). The van der Waals surface area contributed by atoms with Crippen LogP contribution < -0.4 is 21.4 Å². The first-order valence-electron chi connectivity index (χ1n) is 13.2. The fourth-order valence-corrected chi connectivity index (χ4v) is 7.49. The number of nitrogens with zero attached hydrogens (tertiary/aromatic N) is 5. The van der Waals surface area contributed by atoms with Gasteiger partial charge in [0.25, 0.3) is 11.8 Å². The molecule has 0 aromatic carbocycles. The van der Waals surface area contributed by atoms with Crippen molar-refractivity contribution in [2.24, 2.45) is 5.16 Å². The highest BCUT2D eigenvalue weighted by Gasteiger charge is 2.54. The van der Waals surface area contributed by atoms with Crippen LogP contribution in [-0.2, 0) is 30.6 Å². The number of carboxylic acids is 2. The molecule has 3 aromatic heterocycles. The van der Waals surface area contributed by atoms with Crippen LogP contribution in [0.3, 0.4) is 0 Å². The van der Waals surface area contributed by atoms with Crippen LogP contribution in [0, 0.1) is 0 Å². The van der Waals surface area contributed by atoms with E-state index in [-0.39, 0.29) is 40.8 Å². The van der Waals surface area contributed by atoms with E-state index in [2.05, 4.69) is 20.4 Å². The third-order valence-corrected chi connectivity index (χ3v) is 10.2. The van der Waals surface area contributed by atoms with E-state index in [0.717, 1.165) is 26.5 Å². The molecule has 2 atom stereocenters. The molecule has 0 bridgehead atoms. The zero-order chi connectivity index (χ0) is 31.2. The van der Waals surface area contributed by atoms with Gasteiger partial charge in [0.1, 0.15) is 28.3 Å². The molecule has 3 aromatic rings. The van der Waals surface area contributed by atoms with Crippen molar-refractivity contribution in [2.45, 2.75) is 42.8 Å². The number of hydrogen-bond donors (Lipinski definition) is 5. The topological polar surface area (TPSA) is 227 Å². The zero-order valence-corrected chi connectivity index (χ0v) is 25.2. The Balaban J connectivity index is 1.17. The minimum atomic E-state index is -1.54. The average Bonchev–Trinajstić information content (AvgIpc) is 3.56. The summed E-state index contributed by atoms with van der Waals surface area (Å²) in [7, 11) is 0. The number of carbonyl (C=O) groups excluding carboxylic acids is 2. The Bertz CT molecular complexity index is 1790. The second kappa shape index (κ2) is 11.5. The first-order valence-corrected chi connectivity index (χ1v) is 16.0. The number of nitrogens with one attached hydrogen (secondary N) is 1. The third kappa shape index (κ3) is 5.35. The van der Waals surface area contributed by atoms with E-state index in [9.17, 15) is 29.4 Å². The van der Waals surface area contributed by atoms with Crippen molar-refractivity contribution in [3.63, 3.8) is 0 Å². The van der Waals surface area contributed by atoms with Crippen molar-refractivity contribution in [3.05, 3.63) is 53.0 Å². The normalized spacial score (nSPS) is 21.1. The van der Waals surface area contributed by atoms with E-state index < -0.39 is 40.8 Å². The lowest BCUT2D eigenvalue weighted by atomic mass is 9.80. The van der Waals surface area contributed by atoms with Gasteiger partial charge in [0.2, 0.25) is 5.60 Å². The van der Waals surface area contributed by atoms with E-state index >= 15 is 0 Å². The lowest BCUT2D eigenvalue weighted by Crippen LogP contribution is -2.71. The highest BCUT2D eigenvalue weighted by molar-refractivity contribution is 8.00. The molecule has 2 aliphatic heterocycles. The summed E-state index contributed by atoms with van der Waals surface area (Å²) in [4.78, 5) is 65.3. The molecule has 1 saturated carbocycles. The van der Waals surface area contributed by atoms with Crippen LogP contribution >= 0.6 is 34.4 Å². The van der Waals surface area contributed by atoms with E-state index in [1.54, 1.807) is 12.2 Å². The van der Waals surface area contributed by atoms with Gasteiger partial charge in [-0.2, -0.15) is 4.57 Å². The SMILES string of the molecule is Nc1nc(/C(=N/OC2(C(=O)O)CCC2)C(=O)NC2C(=O)N3C(C(=O)O)=C(C=CC[n+]4ccc5sc(N)nc5c4)CS[C@H]23)cs1. The number of thioether (sulfide) groups is 1. The fraction of sp³-hybridized carbons (Fsp3) is 0.308. The van der Waals surface area contributed by atoms with Gasteiger partial charge < -0.3 is 31.8 Å². The van der Waals surface area contributed by atoms with Gasteiger partial charge in [-0.05, 0) is 18.1 Å². The van der Waals surface area contributed by atoms with Crippen LogP contribution in [0.25, 0.3) is 10.2 Å². The summed E-state index contributed by atoms with van der Waals surface area (Å²) < 4.78 is 2.83. The molecule has 18 heteroatoms. The van der Waals surface area contributed by atoms with Gasteiger partial charge in [0.15, 0.2) is 34.9 Å². The number of nitrogen functional groups attached to an aromatic ring is 2. The van der Waals surface area contributed by atoms with Crippen molar-refractivity contribution in [3.8, 4) is 0 Å². The summed E-state index contributed by atoms with van der Waals surface area (Å²) in [5, 5.41) is 27.4. The maximum Gasteiger partial charge on any atom is 0.352 e. The molecular formula is C26H25N8O7S3+. The quantitative estimate of drug-likeness (QED) is 0.0888.